The van der Waals surface area contributed by atoms with Crippen LogP contribution in [0.15, 0.2) is 36.4 Å². The van der Waals surface area contributed by atoms with E-state index in [0.717, 1.165) is 5.56 Å². The normalized spacial score (nSPS) is 29.3. The van der Waals surface area contributed by atoms with E-state index in [-0.39, 0.29) is 6.42 Å². The van der Waals surface area contributed by atoms with Gasteiger partial charge in [-0.3, -0.25) is 9.59 Å². The lowest BCUT2D eigenvalue weighted by Gasteiger charge is -2.39. The SMILES string of the molecule is CCC1(C)OC(=O)C(C)(CC=Cc2ccccc2)C(=O)O1. The predicted molar refractivity (Wildman–Crippen MR) is 79.1 cm³/mol. The first kappa shape index (κ1) is 15.3. The first-order chi connectivity index (χ1) is 9.89. The number of carbonyl (C=O) groups is 2. The Morgan fingerprint density at radius 2 is 1.62 bits per heavy atom. The van der Waals surface area contributed by atoms with Crippen LogP contribution in [0.25, 0.3) is 6.08 Å². The quantitative estimate of drug-likeness (QED) is 0.630. The minimum absolute atomic E-state index is 0.249. The van der Waals surface area contributed by atoms with Crippen molar-refractivity contribution in [1.29, 1.82) is 0 Å². The summed E-state index contributed by atoms with van der Waals surface area (Å²) in [6.45, 7) is 4.96. The third-order valence-electron chi connectivity index (χ3n) is 3.80. The molecule has 0 radical (unpaired) electrons. The largest absolute Gasteiger partial charge is 0.422 e. The third kappa shape index (κ3) is 3.15. The van der Waals surface area contributed by atoms with E-state index in [1.807, 2.05) is 36.4 Å². The number of carbonyl (C=O) groups excluding carboxylic acids is 2. The fourth-order valence-electron chi connectivity index (χ4n) is 2.03. The number of esters is 2. The van der Waals surface area contributed by atoms with Crippen LogP contribution in [0.1, 0.15) is 39.2 Å². The van der Waals surface area contributed by atoms with Crippen LogP contribution in [0.3, 0.4) is 0 Å². The van der Waals surface area contributed by atoms with E-state index in [1.54, 1.807) is 26.8 Å². The van der Waals surface area contributed by atoms with Gasteiger partial charge in [-0.1, -0.05) is 49.4 Å². The molecule has 1 heterocycles. The summed E-state index contributed by atoms with van der Waals surface area (Å²) in [5.74, 6) is -2.20. The molecule has 1 aliphatic heterocycles. The lowest BCUT2D eigenvalue weighted by Crippen LogP contribution is -2.53. The maximum absolute atomic E-state index is 12.2. The van der Waals surface area contributed by atoms with Gasteiger partial charge in [-0.05, 0) is 18.9 Å². The van der Waals surface area contributed by atoms with Crippen LogP contribution in [-0.2, 0) is 19.1 Å². The second kappa shape index (κ2) is 5.72. The van der Waals surface area contributed by atoms with Crippen LogP contribution in [0, 0.1) is 5.41 Å². The minimum atomic E-state index is -1.28. The highest BCUT2D eigenvalue weighted by molar-refractivity contribution is 6.01. The maximum Gasteiger partial charge on any atom is 0.326 e. The number of rotatable bonds is 4. The first-order valence-electron chi connectivity index (χ1n) is 7.08. The zero-order chi connectivity index (χ0) is 15.5. The molecule has 0 saturated carbocycles. The van der Waals surface area contributed by atoms with Gasteiger partial charge in [-0.15, -0.1) is 0 Å². The molecule has 0 amide bonds. The second-order valence-corrected chi connectivity index (χ2v) is 5.62. The van der Waals surface area contributed by atoms with Crippen molar-refractivity contribution in [3.8, 4) is 0 Å². The Labute approximate surface area is 124 Å². The minimum Gasteiger partial charge on any atom is -0.422 e. The zero-order valence-electron chi connectivity index (χ0n) is 12.6. The van der Waals surface area contributed by atoms with Gasteiger partial charge in [0.15, 0.2) is 5.41 Å². The molecular formula is C17H20O4. The molecule has 0 aromatic heterocycles. The van der Waals surface area contributed by atoms with Crippen LogP contribution in [0.5, 0.6) is 0 Å². The molecule has 0 atom stereocenters. The van der Waals surface area contributed by atoms with E-state index in [9.17, 15) is 9.59 Å². The molecule has 0 N–H and O–H groups in total. The summed E-state index contributed by atoms with van der Waals surface area (Å²) in [5, 5.41) is 0. The molecule has 2 rings (SSSR count). The standard InChI is InChI=1S/C17H20O4/c1-4-17(3)20-14(18)16(2,15(19)21-17)12-8-11-13-9-6-5-7-10-13/h5-11H,4,12H2,1-3H3. The van der Waals surface area contributed by atoms with Gasteiger partial charge in [-0.2, -0.15) is 0 Å². The summed E-state index contributed by atoms with van der Waals surface area (Å²) in [7, 11) is 0. The van der Waals surface area contributed by atoms with Gasteiger partial charge >= 0.3 is 11.9 Å². The molecule has 0 unspecified atom stereocenters. The van der Waals surface area contributed by atoms with Crippen LogP contribution < -0.4 is 0 Å². The maximum atomic E-state index is 12.2. The third-order valence-corrected chi connectivity index (χ3v) is 3.80. The van der Waals surface area contributed by atoms with Gasteiger partial charge in [0, 0.05) is 13.3 Å². The highest BCUT2D eigenvalue weighted by Crippen LogP contribution is 2.36. The molecule has 1 saturated heterocycles. The highest BCUT2D eigenvalue weighted by atomic mass is 16.7. The smallest absolute Gasteiger partial charge is 0.326 e. The topological polar surface area (TPSA) is 52.6 Å². The van der Waals surface area contributed by atoms with Crippen molar-refractivity contribution < 1.29 is 19.1 Å². The lowest BCUT2D eigenvalue weighted by molar-refractivity contribution is -0.255. The Morgan fingerprint density at radius 1 is 1.05 bits per heavy atom. The van der Waals surface area contributed by atoms with Crippen LogP contribution in [-0.4, -0.2) is 17.7 Å². The molecule has 0 bridgehead atoms. The molecule has 0 aliphatic carbocycles. The molecule has 0 spiro atoms. The van der Waals surface area contributed by atoms with Gasteiger partial charge < -0.3 is 9.47 Å². The monoisotopic (exact) mass is 288 g/mol. The first-order valence-corrected chi connectivity index (χ1v) is 7.08. The van der Waals surface area contributed by atoms with Gasteiger partial charge in [0.1, 0.15) is 0 Å². The Morgan fingerprint density at radius 3 is 2.14 bits per heavy atom. The molecular weight excluding hydrogens is 268 g/mol. The van der Waals surface area contributed by atoms with E-state index in [1.165, 1.54) is 0 Å². The van der Waals surface area contributed by atoms with E-state index in [0.29, 0.717) is 6.42 Å². The molecule has 112 valence electrons. The van der Waals surface area contributed by atoms with Crippen molar-refractivity contribution >= 4 is 18.0 Å². The summed E-state index contributed by atoms with van der Waals surface area (Å²) in [5.41, 5.74) is -0.267. The number of cyclic esters (lactones) is 2. The van der Waals surface area contributed by atoms with Gasteiger partial charge in [0.05, 0.1) is 0 Å². The van der Waals surface area contributed by atoms with Crippen molar-refractivity contribution in [3.05, 3.63) is 42.0 Å². The number of allylic oxidation sites excluding steroid dienone is 1. The fraction of sp³-hybridized carbons (Fsp3) is 0.412. The number of benzene rings is 1. The molecule has 4 nitrogen and oxygen atoms in total. The van der Waals surface area contributed by atoms with E-state index < -0.39 is 23.1 Å². The van der Waals surface area contributed by atoms with Crippen molar-refractivity contribution in [2.45, 2.75) is 39.4 Å². The summed E-state index contributed by atoms with van der Waals surface area (Å²) in [4.78, 5) is 24.4. The molecule has 1 aromatic carbocycles. The van der Waals surface area contributed by atoms with Gasteiger partial charge in [0.25, 0.3) is 5.79 Å². The summed E-state index contributed by atoms with van der Waals surface area (Å²) >= 11 is 0. The summed E-state index contributed by atoms with van der Waals surface area (Å²) in [6.07, 6.45) is 4.35. The Hall–Kier alpha value is -2.10. The Kier molecular flexibility index (Phi) is 4.16. The van der Waals surface area contributed by atoms with Crippen LogP contribution in [0.2, 0.25) is 0 Å². The van der Waals surface area contributed by atoms with Crippen molar-refractivity contribution in [1.82, 2.24) is 0 Å². The molecule has 21 heavy (non-hydrogen) atoms. The lowest BCUT2D eigenvalue weighted by atomic mass is 9.85. The van der Waals surface area contributed by atoms with Gasteiger partial charge in [0.2, 0.25) is 0 Å². The average Bonchev–Trinajstić information content (AvgIpc) is 2.46. The number of hydrogen-bond donors (Lipinski definition) is 0. The molecule has 1 aliphatic rings. The van der Waals surface area contributed by atoms with Crippen molar-refractivity contribution in [2.24, 2.45) is 5.41 Å². The summed E-state index contributed by atoms with van der Waals surface area (Å²) in [6, 6.07) is 9.68. The average molecular weight is 288 g/mol. The fourth-order valence-corrected chi connectivity index (χ4v) is 2.03. The van der Waals surface area contributed by atoms with Crippen molar-refractivity contribution in [2.75, 3.05) is 0 Å². The van der Waals surface area contributed by atoms with Crippen molar-refractivity contribution in [3.63, 3.8) is 0 Å². The Balaban J connectivity index is 2.10. The van der Waals surface area contributed by atoms with E-state index >= 15 is 0 Å². The van der Waals surface area contributed by atoms with Crippen LogP contribution >= 0.6 is 0 Å². The predicted octanol–water partition coefficient (Wildman–Crippen LogP) is 3.32. The van der Waals surface area contributed by atoms with E-state index in [2.05, 4.69) is 0 Å². The Bertz CT molecular complexity index is 541. The summed E-state index contributed by atoms with van der Waals surface area (Å²) < 4.78 is 10.6. The second-order valence-electron chi connectivity index (χ2n) is 5.62. The zero-order valence-corrected chi connectivity index (χ0v) is 12.6. The molecule has 4 heteroatoms. The van der Waals surface area contributed by atoms with E-state index in [4.69, 9.17) is 9.47 Å². The van der Waals surface area contributed by atoms with Crippen LogP contribution in [0.4, 0.5) is 0 Å². The highest BCUT2D eigenvalue weighted by Gasteiger charge is 2.53. The van der Waals surface area contributed by atoms with Gasteiger partial charge in [-0.25, -0.2) is 0 Å². The molecule has 1 fully saturated rings. The number of hydrogen-bond acceptors (Lipinski definition) is 4. The molecule has 1 aromatic rings. The number of ether oxygens (including phenoxy) is 2.